The van der Waals surface area contributed by atoms with Gasteiger partial charge in [0.15, 0.2) is 0 Å². The van der Waals surface area contributed by atoms with Crippen LogP contribution >= 0.6 is 11.6 Å². The van der Waals surface area contributed by atoms with Crippen LogP contribution in [0.3, 0.4) is 0 Å². The Bertz CT molecular complexity index is 1400. The maximum Gasteiger partial charge on any atom is 0.417 e. The molecule has 4 aromatic rings. The van der Waals surface area contributed by atoms with Crippen molar-refractivity contribution in [2.24, 2.45) is 5.73 Å². The minimum absolute atomic E-state index is 0.107. The van der Waals surface area contributed by atoms with Gasteiger partial charge in [0.1, 0.15) is 6.33 Å². The molecule has 11 heteroatoms. The molecule has 0 spiro atoms. The zero-order valence-electron chi connectivity index (χ0n) is 18.7. The lowest BCUT2D eigenvalue weighted by atomic mass is 10.0. The molecule has 0 aliphatic heterocycles. The Balaban J connectivity index is 1.30. The summed E-state index contributed by atoms with van der Waals surface area (Å²) in [5, 5.41) is 4.39. The second-order valence-corrected chi connectivity index (χ2v) is 8.41. The summed E-state index contributed by atoms with van der Waals surface area (Å²) >= 11 is 5.61. The van der Waals surface area contributed by atoms with Crippen molar-refractivity contribution in [3.05, 3.63) is 94.8 Å². The van der Waals surface area contributed by atoms with E-state index >= 15 is 0 Å². The molecule has 0 saturated carbocycles. The lowest BCUT2D eigenvalue weighted by molar-refractivity contribution is -0.139. The fourth-order valence-electron chi connectivity index (χ4n) is 3.59. The first-order valence-corrected chi connectivity index (χ1v) is 11.2. The number of halogens is 4. The molecule has 4 N–H and O–H groups in total. The number of imidazole rings is 1. The molecule has 186 valence electrons. The Hall–Kier alpha value is -3.89. The van der Waals surface area contributed by atoms with Crippen LogP contribution in [0.4, 0.5) is 13.2 Å². The highest BCUT2D eigenvalue weighted by Crippen LogP contribution is 2.35. The van der Waals surface area contributed by atoms with Crippen molar-refractivity contribution in [2.75, 3.05) is 6.54 Å². The second kappa shape index (κ2) is 10.4. The first kappa shape index (κ1) is 25.2. The first-order chi connectivity index (χ1) is 17.1. The van der Waals surface area contributed by atoms with Crippen molar-refractivity contribution < 1.29 is 22.8 Å². The van der Waals surface area contributed by atoms with Gasteiger partial charge in [-0.2, -0.15) is 13.2 Å². The van der Waals surface area contributed by atoms with E-state index < -0.39 is 34.6 Å². The van der Waals surface area contributed by atoms with Crippen LogP contribution in [0.2, 0.25) is 5.02 Å². The van der Waals surface area contributed by atoms with Gasteiger partial charge in [-0.3, -0.25) is 14.2 Å². The number of carbonyl (C=O) groups is 2. The fourth-order valence-corrected chi connectivity index (χ4v) is 3.82. The lowest BCUT2D eigenvalue weighted by Crippen LogP contribution is -2.42. The van der Waals surface area contributed by atoms with E-state index in [-0.39, 0.29) is 18.7 Å². The van der Waals surface area contributed by atoms with Gasteiger partial charge in [0, 0.05) is 24.8 Å². The van der Waals surface area contributed by atoms with Gasteiger partial charge in [-0.15, -0.1) is 0 Å². The van der Waals surface area contributed by atoms with E-state index in [2.05, 4.69) is 15.6 Å². The molecule has 7 nitrogen and oxygen atoms in total. The minimum atomic E-state index is -4.64. The maximum absolute atomic E-state index is 13.0. The molecule has 1 unspecified atom stereocenters. The average molecular weight is 516 g/mol. The summed E-state index contributed by atoms with van der Waals surface area (Å²) in [7, 11) is 0. The number of aromatic nitrogens is 2. The number of hydrogen-bond donors (Lipinski definition) is 3. The number of nitrogens with one attached hydrogen (secondary N) is 2. The van der Waals surface area contributed by atoms with Crippen molar-refractivity contribution in [3.63, 3.8) is 0 Å². The monoisotopic (exact) mass is 515 g/mol. The third kappa shape index (κ3) is 5.67. The Morgan fingerprint density at radius 2 is 1.69 bits per heavy atom. The van der Waals surface area contributed by atoms with Gasteiger partial charge in [-0.1, -0.05) is 41.9 Å². The summed E-state index contributed by atoms with van der Waals surface area (Å²) in [5.41, 5.74) is 8.49. The maximum atomic E-state index is 13.0. The number of para-hydroxylation sites is 2. The zero-order valence-corrected chi connectivity index (χ0v) is 19.5. The number of nitrogens with two attached hydrogens (primary N) is 1. The molecule has 4 rings (SSSR count). The normalized spacial score (nSPS) is 12.4. The molecule has 2 amide bonds. The van der Waals surface area contributed by atoms with Crippen LogP contribution in [0.15, 0.2) is 73.1 Å². The molecule has 1 heterocycles. The predicted octanol–water partition coefficient (Wildman–Crippen LogP) is 4.13. The van der Waals surface area contributed by atoms with Crippen LogP contribution in [0.5, 0.6) is 0 Å². The van der Waals surface area contributed by atoms with Crippen molar-refractivity contribution in [2.45, 2.75) is 18.8 Å². The van der Waals surface area contributed by atoms with Gasteiger partial charge < -0.3 is 16.4 Å². The average Bonchev–Trinajstić information content (AvgIpc) is 3.29. The molecule has 1 atom stereocenters. The molecule has 0 aliphatic carbocycles. The summed E-state index contributed by atoms with van der Waals surface area (Å²) in [6.45, 7) is -0.131. The number of fused-ring (bicyclic) bond motifs is 1. The van der Waals surface area contributed by atoms with E-state index in [1.54, 1.807) is 6.33 Å². The molecule has 1 aromatic heterocycles. The number of rotatable bonds is 6. The third-order valence-corrected chi connectivity index (χ3v) is 5.86. The van der Waals surface area contributed by atoms with Crippen LogP contribution in [-0.4, -0.2) is 27.9 Å². The summed E-state index contributed by atoms with van der Waals surface area (Å²) < 4.78 is 41.1. The van der Waals surface area contributed by atoms with Gasteiger partial charge >= 0.3 is 18.0 Å². The first-order valence-electron chi connectivity index (χ1n) is 10.8. The van der Waals surface area contributed by atoms with Gasteiger partial charge in [-0.25, -0.2) is 4.98 Å². The van der Waals surface area contributed by atoms with Crippen LogP contribution in [0.1, 0.15) is 22.7 Å². The number of carbonyl (C=O) groups excluding carboxylic acids is 2. The summed E-state index contributed by atoms with van der Waals surface area (Å²) in [6, 6.07) is 17.4. The van der Waals surface area contributed by atoms with Gasteiger partial charge in [0.25, 0.3) is 0 Å². The quantitative estimate of drug-likeness (QED) is 0.336. The fraction of sp³-hybridized carbons (Fsp3) is 0.160. The van der Waals surface area contributed by atoms with E-state index in [9.17, 15) is 22.8 Å². The number of nitrogens with zero attached hydrogens (tertiary/aromatic N) is 2. The minimum Gasteiger partial charge on any atom is -0.346 e. The molecule has 3 aromatic carbocycles. The number of alkyl halides is 3. The second-order valence-electron chi connectivity index (χ2n) is 8.01. The smallest absolute Gasteiger partial charge is 0.346 e. The van der Waals surface area contributed by atoms with E-state index in [1.807, 2.05) is 53.1 Å². The van der Waals surface area contributed by atoms with Gasteiger partial charge in [0.2, 0.25) is 0 Å². The molecule has 0 radical (unpaired) electrons. The highest BCUT2D eigenvalue weighted by Gasteiger charge is 2.33. The largest absolute Gasteiger partial charge is 0.417 e. The van der Waals surface area contributed by atoms with E-state index in [4.69, 9.17) is 17.3 Å². The third-order valence-electron chi connectivity index (χ3n) is 5.53. The Kier molecular flexibility index (Phi) is 7.27. The Morgan fingerprint density at radius 1 is 1.00 bits per heavy atom. The lowest BCUT2D eigenvalue weighted by Gasteiger charge is -2.16. The van der Waals surface area contributed by atoms with Crippen LogP contribution in [0.25, 0.3) is 16.7 Å². The van der Waals surface area contributed by atoms with Gasteiger partial charge in [-0.05, 0) is 47.5 Å². The summed E-state index contributed by atoms with van der Waals surface area (Å²) in [6.07, 6.45) is -2.91. The standard InChI is InChI=1S/C25H21ClF3N5O2/c26-19-10-7-16(11-18(19)25(27,28)29)20(30)13-32-24(36)23(35)31-12-15-5-8-17(9-6-15)34-14-33-21-3-1-2-4-22(21)34/h1-11,14,20H,12-13,30H2,(H,31,35)(H,32,36). The highest BCUT2D eigenvalue weighted by atomic mass is 35.5. The molecule has 0 saturated heterocycles. The highest BCUT2D eigenvalue weighted by molar-refractivity contribution is 6.35. The SMILES string of the molecule is NC(CNC(=O)C(=O)NCc1ccc(-n2cnc3ccccc32)cc1)c1ccc(Cl)c(C(F)(F)F)c1. The number of hydrogen-bond acceptors (Lipinski definition) is 4. The molecular formula is C25H21ClF3N5O2. The van der Waals surface area contributed by atoms with Gasteiger partial charge in [0.05, 0.1) is 21.6 Å². The van der Waals surface area contributed by atoms with Crippen molar-refractivity contribution in [3.8, 4) is 5.69 Å². The van der Waals surface area contributed by atoms with Crippen molar-refractivity contribution in [1.29, 1.82) is 0 Å². The molecule has 0 bridgehead atoms. The summed E-state index contributed by atoms with van der Waals surface area (Å²) in [5.74, 6) is -1.84. The molecule has 36 heavy (non-hydrogen) atoms. The van der Waals surface area contributed by atoms with Crippen LogP contribution in [-0.2, 0) is 22.3 Å². The molecule has 0 fully saturated rings. The van der Waals surface area contributed by atoms with Crippen molar-refractivity contribution >= 4 is 34.4 Å². The summed E-state index contributed by atoms with van der Waals surface area (Å²) in [4.78, 5) is 28.6. The number of benzene rings is 3. The van der Waals surface area contributed by atoms with Crippen LogP contribution < -0.4 is 16.4 Å². The van der Waals surface area contributed by atoms with E-state index in [1.165, 1.54) is 6.07 Å². The number of amides is 2. The van der Waals surface area contributed by atoms with E-state index in [0.29, 0.717) is 0 Å². The molecular weight excluding hydrogens is 495 g/mol. The Labute approximate surface area is 209 Å². The Morgan fingerprint density at radius 3 is 2.42 bits per heavy atom. The topological polar surface area (TPSA) is 102 Å². The van der Waals surface area contributed by atoms with Crippen LogP contribution in [0, 0.1) is 0 Å². The molecule has 0 aliphatic rings. The predicted molar refractivity (Wildman–Crippen MR) is 129 cm³/mol. The van der Waals surface area contributed by atoms with E-state index in [0.717, 1.165) is 34.4 Å². The van der Waals surface area contributed by atoms with Crippen molar-refractivity contribution in [1.82, 2.24) is 20.2 Å². The zero-order chi connectivity index (χ0) is 25.9.